The maximum Gasteiger partial charge on any atom is 0.319 e. The summed E-state index contributed by atoms with van der Waals surface area (Å²) < 4.78 is 5.44. The number of urea groups is 1. The predicted octanol–water partition coefficient (Wildman–Crippen LogP) is 1.71. The fraction of sp³-hybridized carbons (Fsp3) is 0.667. The molecule has 0 aromatic carbocycles. The number of carbonyl (C=O) groups is 1. The quantitative estimate of drug-likeness (QED) is 0.826. The summed E-state index contributed by atoms with van der Waals surface area (Å²) in [5.74, 6) is 2.23. The first-order valence-corrected chi connectivity index (χ1v) is 7.33. The number of likely N-dealkylation sites (tertiary alicyclic amines) is 2. The summed E-state index contributed by atoms with van der Waals surface area (Å²) in [7, 11) is 3.66. The maximum atomic E-state index is 12.1. The number of nitrogens with zero attached hydrogens (tertiary/aromatic N) is 3. The van der Waals surface area contributed by atoms with Crippen LogP contribution < -0.4 is 0 Å². The van der Waals surface area contributed by atoms with E-state index in [1.807, 2.05) is 31.1 Å². The molecule has 0 unspecified atom stereocenters. The molecule has 2 atom stereocenters. The lowest BCUT2D eigenvalue weighted by molar-refractivity contribution is 0.0344. The van der Waals surface area contributed by atoms with E-state index in [0.29, 0.717) is 11.8 Å². The van der Waals surface area contributed by atoms with Crippen LogP contribution >= 0.6 is 0 Å². The SMILES string of the molecule is CN(C)C(=O)N1C[C@H]2C[C@@H](CN(Cc3ccco3)C2)C1. The number of rotatable bonds is 2. The molecule has 0 radical (unpaired) electrons. The van der Waals surface area contributed by atoms with E-state index in [-0.39, 0.29) is 6.03 Å². The molecule has 3 rings (SSSR count). The van der Waals surface area contributed by atoms with Crippen molar-refractivity contribution < 1.29 is 9.21 Å². The van der Waals surface area contributed by atoms with Crippen molar-refractivity contribution in [3.8, 4) is 0 Å². The van der Waals surface area contributed by atoms with Crippen molar-refractivity contribution in [3.63, 3.8) is 0 Å². The van der Waals surface area contributed by atoms with E-state index in [2.05, 4.69) is 4.90 Å². The Bertz CT molecular complexity index is 444. The van der Waals surface area contributed by atoms with Crippen molar-refractivity contribution in [3.05, 3.63) is 24.2 Å². The number of hydrogen-bond acceptors (Lipinski definition) is 3. The Morgan fingerprint density at radius 3 is 2.55 bits per heavy atom. The molecule has 3 heterocycles. The molecule has 1 aromatic heterocycles. The van der Waals surface area contributed by atoms with E-state index in [9.17, 15) is 4.79 Å². The van der Waals surface area contributed by atoms with Crippen LogP contribution in [0.4, 0.5) is 4.79 Å². The van der Waals surface area contributed by atoms with Crippen LogP contribution in [0.1, 0.15) is 12.2 Å². The Morgan fingerprint density at radius 2 is 2.00 bits per heavy atom. The first kappa shape index (κ1) is 13.5. The lowest BCUT2D eigenvalue weighted by Gasteiger charge is -2.46. The predicted molar refractivity (Wildman–Crippen MR) is 76.2 cm³/mol. The number of amides is 2. The molecule has 2 saturated heterocycles. The van der Waals surface area contributed by atoms with Crippen LogP contribution in [0, 0.1) is 11.8 Å². The highest BCUT2D eigenvalue weighted by molar-refractivity contribution is 5.74. The third-order valence-corrected chi connectivity index (χ3v) is 4.27. The number of carbonyl (C=O) groups excluding carboxylic acids is 1. The van der Waals surface area contributed by atoms with E-state index in [1.54, 1.807) is 11.2 Å². The lowest BCUT2D eigenvalue weighted by Crippen LogP contribution is -2.55. The summed E-state index contributed by atoms with van der Waals surface area (Å²) in [4.78, 5) is 18.3. The Morgan fingerprint density at radius 1 is 1.30 bits per heavy atom. The van der Waals surface area contributed by atoms with Gasteiger partial charge in [-0.15, -0.1) is 0 Å². The van der Waals surface area contributed by atoms with Crippen LogP contribution in [0.15, 0.2) is 22.8 Å². The minimum Gasteiger partial charge on any atom is -0.468 e. The second-order valence-corrected chi connectivity index (χ2v) is 6.32. The van der Waals surface area contributed by atoms with Gasteiger partial charge in [-0.1, -0.05) is 0 Å². The Labute approximate surface area is 120 Å². The molecule has 0 spiro atoms. The van der Waals surface area contributed by atoms with Crippen molar-refractivity contribution in [1.29, 1.82) is 0 Å². The van der Waals surface area contributed by atoms with Gasteiger partial charge >= 0.3 is 6.03 Å². The van der Waals surface area contributed by atoms with E-state index in [1.165, 1.54) is 6.42 Å². The van der Waals surface area contributed by atoms with Crippen molar-refractivity contribution in [2.24, 2.45) is 11.8 Å². The van der Waals surface area contributed by atoms with Gasteiger partial charge in [-0.2, -0.15) is 0 Å². The van der Waals surface area contributed by atoms with E-state index < -0.39 is 0 Å². The Hall–Kier alpha value is -1.49. The van der Waals surface area contributed by atoms with Crippen molar-refractivity contribution in [2.45, 2.75) is 13.0 Å². The highest BCUT2D eigenvalue weighted by atomic mass is 16.3. The summed E-state index contributed by atoms with van der Waals surface area (Å²) in [5.41, 5.74) is 0. The summed E-state index contributed by atoms with van der Waals surface area (Å²) in [6.07, 6.45) is 2.99. The lowest BCUT2D eigenvalue weighted by atomic mass is 9.84. The van der Waals surface area contributed by atoms with Gasteiger partial charge in [0, 0.05) is 40.3 Å². The summed E-state index contributed by atoms with van der Waals surface area (Å²) in [5, 5.41) is 0. The van der Waals surface area contributed by atoms with Crippen molar-refractivity contribution in [2.75, 3.05) is 40.3 Å². The molecule has 5 nitrogen and oxygen atoms in total. The average Bonchev–Trinajstić information content (AvgIpc) is 2.89. The molecular weight excluding hydrogens is 254 g/mol. The smallest absolute Gasteiger partial charge is 0.319 e. The topological polar surface area (TPSA) is 39.9 Å². The molecule has 2 aliphatic rings. The zero-order valence-corrected chi connectivity index (χ0v) is 12.3. The van der Waals surface area contributed by atoms with Gasteiger partial charge < -0.3 is 14.2 Å². The summed E-state index contributed by atoms with van der Waals surface area (Å²) >= 11 is 0. The second-order valence-electron chi connectivity index (χ2n) is 6.32. The molecule has 0 N–H and O–H groups in total. The highest BCUT2D eigenvalue weighted by Gasteiger charge is 2.36. The van der Waals surface area contributed by atoms with Crippen molar-refractivity contribution in [1.82, 2.24) is 14.7 Å². The van der Waals surface area contributed by atoms with Crippen molar-refractivity contribution >= 4 is 6.03 Å². The van der Waals surface area contributed by atoms with Gasteiger partial charge in [0.05, 0.1) is 12.8 Å². The van der Waals surface area contributed by atoms with Crippen LogP contribution in [-0.2, 0) is 6.54 Å². The molecule has 2 amide bonds. The molecule has 2 bridgehead atoms. The van der Waals surface area contributed by atoms with Crippen LogP contribution in [-0.4, -0.2) is 61.0 Å². The van der Waals surface area contributed by atoms with E-state index in [0.717, 1.165) is 38.5 Å². The molecule has 110 valence electrons. The van der Waals surface area contributed by atoms with Crippen LogP contribution in [0.5, 0.6) is 0 Å². The van der Waals surface area contributed by atoms with Gasteiger partial charge in [-0.3, -0.25) is 4.90 Å². The molecule has 2 fully saturated rings. The van der Waals surface area contributed by atoms with Gasteiger partial charge in [-0.25, -0.2) is 4.79 Å². The minimum absolute atomic E-state index is 0.152. The largest absolute Gasteiger partial charge is 0.468 e. The summed E-state index contributed by atoms with van der Waals surface area (Å²) in [6.45, 7) is 4.80. The first-order valence-electron chi connectivity index (χ1n) is 7.33. The minimum atomic E-state index is 0.152. The normalized spacial score (nSPS) is 26.6. The van der Waals surface area contributed by atoms with Gasteiger partial charge in [0.15, 0.2) is 0 Å². The maximum absolute atomic E-state index is 12.1. The Balaban J connectivity index is 1.60. The van der Waals surface area contributed by atoms with Gasteiger partial charge in [-0.05, 0) is 30.4 Å². The molecule has 20 heavy (non-hydrogen) atoms. The molecule has 1 aromatic rings. The molecule has 0 aliphatic carbocycles. The number of furan rings is 1. The third-order valence-electron chi connectivity index (χ3n) is 4.27. The first-order chi connectivity index (χ1) is 9.61. The monoisotopic (exact) mass is 277 g/mol. The van der Waals surface area contributed by atoms with Crippen LogP contribution in [0.25, 0.3) is 0 Å². The van der Waals surface area contributed by atoms with Crippen LogP contribution in [0.3, 0.4) is 0 Å². The number of piperidine rings is 2. The third kappa shape index (κ3) is 2.82. The average molecular weight is 277 g/mol. The molecule has 2 aliphatic heterocycles. The summed E-state index contributed by atoms with van der Waals surface area (Å²) in [6, 6.07) is 4.13. The fourth-order valence-corrected chi connectivity index (χ4v) is 3.58. The molecule has 5 heteroatoms. The zero-order valence-electron chi connectivity index (χ0n) is 12.3. The van der Waals surface area contributed by atoms with E-state index in [4.69, 9.17) is 4.42 Å². The second kappa shape index (κ2) is 5.48. The van der Waals surface area contributed by atoms with Gasteiger partial charge in [0.1, 0.15) is 5.76 Å². The fourth-order valence-electron chi connectivity index (χ4n) is 3.58. The standard InChI is InChI=1S/C15H23N3O2/c1-16(2)15(19)18-9-12-6-13(10-18)8-17(7-12)11-14-4-3-5-20-14/h3-5,12-13H,6-11H2,1-2H3/t12-,13-/m0/s1. The highest BCUT2D eigenvalue weighted by Crippen LogP contribution is 2.29. The number of hydrogen-bond donors (Lipinski definition) is 0. The molecular formula is C15H23N3O2. The zero-order chi connectivity index (χ0) is 14.1. The van der Waals surface area contributed by atoms with Crippen LogP contribution in [0.2, 0.25) is 0 Å². The Kier molecular flexibility index (Phi) is 3.70. The number of fused-ring (bicyclic) bond motifs is 2. The van der Waals surface area contributed by atoms with Gasteiger partial charge in [0.25, 0.3) is 0 Å². The molecule has 0 saturated carbocycles. The van der Waals surface area contributed by atoms with Gasteiger partial charge in [0.2, 0.25) is 0 Å². The van der Waals surface area contributed by atoms with E-state index >= 15 is 0 Å².